The van der Waals surface area contributed by atoms with Crippen molar-refractivity contribution < 1.29 is 26.0 Å². The Labute approximate surface area is 211 Å². The average Bonchev–Trinajstić information content (AvgIpc) is 3.32. The smallest absolute Gasteiger partial charge is 0.423 e. The molecular formula is C25H22F3N5O3S. The van der Waals surface area contributed by atoms with Crippen LogP contribution in [-0.2, 0) is 22.0 Å². The number of alkyl halides is 3. The van der Waals surface area contributed by atoms with Crippen molar-refractivity contribution in [3.8, 4) is 11.5 Å². The van der Waals surface area contributed by atoms with Gasteiger partial charge in [0, 0.05) is 17.3 Å². The summed E-state index contributed by atoms with van der Waals surface area (Å²) < 4.78 is 77.4. The summed E-state index contributed by atoms with van der Waals surface area (Å²) in [4.78, 5) is 4.01. The third-order valence-corrected chi connectivity index (χ3v) is 7.82. The van der Waals surface area contributed by atoms with Gasteiger partial charge in [-0.25, -0.2) is 18.3 Å². The van der Waals surface area contributed by atoms with Crippen molar-refractivity contribution in [2.45, 2.75) is 43.9 Å². The van der Waals surface area contributed by atoms with Gasteiger partial charge in [-0.3, -0.25) is 4.31 Å². The first kappa shape index (κ1) is 24.8. The van der Waals surface area contributed by atoms with Gasteiger partial charge in [-0.2, -0.15) is 0 Å². The molecule has 0 amide bonds. The van der Waals surface area contributed by atoms with E-state index in [1.807, 2.05) is 20.8 Å². The maximum absolute atomic E-state index is 14.4. The molecule has 37 heavy (non-hydrogen) atoms. The van der Waals surface area contributed by atoms with E-state index in [9.17, 15) is 21.6 Å². The van der Waals surface area contributed by atoms with E-state index < -0.39 is 27.8 Å². The molecule has 2 aromatic carbocycles. The standard InChI is InChI=1S/C25H22F3N5O3S/c1-24(2,3)18-7-9-19(10-8-18)37(34,35)32-14-17-5-4-12-29-22(17)33(25(26,27)28)20-11-6-16(13-21(20)32)23-31-30-15-36-23/h4-13,15H,14H2,1-3H3. The van der Waals surface area contributed by atoms with E-state index in [1.54, 1.807) is 12.1 Å². The lowest BCUT2D eigenvalue weighted by molar-refractivity contribution is -0.121. The Morgan fingerprint density at radius 1 is 0.973 bits per heavy atom. The third-order valence-electron chi connectivity index (χ3n) is 6.05. The Hall–Kier alpha value is -3.93. The van der Waals surface area contributed by atoms with Gasteiger partial charge in [0.05, 0.1) is 22.8 Å². The fraction of sp³-hybridized carbons (Fsp3) is 0.240. The van der Waals surface area contributed by atoms with Gasteiger partial charge >= 0.3 is 6.30 Å². The van der Waals surface area contributed by atoms with Crippen molar-refractivity contribution in [3.05, 3.63) is 78.3 Å². The minimum Gasteiger partial charge on any atom is -0.423 e. The summed E-state index contributed by atoms with van der Waals surface area (Å²) >= 11 is 0. The number of nitrogens with zero attached hydrogens (tertiary/aromatic N) is 5. The van der Waals surface area contributed by atoms with Crippen molar-refractivity contribution in [2.75, 3.05) is 9.21 Å². The average molecular weight is 530 g/mol. The van der Waals surface area contributed by atoms with Crippen LogP contribution in [0.5, 0.6) is 0 Å². The van der Waals surface area contributed by atoms with Crippen LogP contribution in [0.2, 0.25) is 0 Å². The summed E-state index contributed by atoms with van der Waals surface area (Å²) in [6.07, 6.45) is -2.58. The van der Waals surface area contributed by atoms with E-state index in [1.165, 1.54) is 48.7 Å². The van der Waals surface area contributed by atoms with Crippen LogP contribution in [0, 0.1) is 0 Å². The number of rotatable bonds is 3. The largest absolute Gasteiger partial charge is 0.490 e. The molecule has 1 aliphatic rings. The van der Waals surface area contributed by atoms with Crippen LogP contribution >= 0.6 is 0 Å². The Balaban J connectivity index is 1.75. The Kier molecular flexibility index (Phi) is 5.74. The molecule has 0 aliphatic carbocycles. The molecule has 0 atom stereocenters. The van der Waals surface area contributed by atoms with Crippen LogP contribution in [0.15, 0.2) is 76.5 Å². The van der Waals surface area contributed by atoms with Crippen LogP contribution < -0.4 is 9.21 Å². The topological polar surface area (TPSA) is 92.4 Å². The predicted molar refractivity (Wildman–Crippen MR) is 131 cm³/mol. The summed E-state index contributed by atoms with van der Waals surface area (Å²) in [6, 6.07) is 13.1. The zero-order chi connectivity index (χ0) is 26.6. The summed E-state index contributed by atoms with van der Waals surface area (Å²) in [5.74, 6) is -0.365. The second-order valence-corrected chi connectivity index (χ2v) is 11.4. The number of pyridine rings is 1. The van der Waals surface area contributed by atoms with Gasteiger partial charge in [-0.05, 0) is 47.4 Å². The Morgan fingerprint density at radius 2 is 1.70 bits per heavy atom. The molecule has 0 unspecified atom stereocenters. The number of fused-ring (bicyclic) bond motifs is 2. The minimum absolute atomic E-state index is 0.0353. The first-order chi connectivity index (χ1) is 17.4. The molecule has 8 nitrogen and oxygen atoms in total. The first-order valence-corrected chi connectivity index (χ1v) is 12.7. The van der Waals surface area contributed by atoms with Crippen molar-refractivity contribution in [3.63, 3.8) is 0 Å². The summed E-state index contributed by atoms with van der Waals surface area (Å²) in [5.41, 5.74) is 0.452. The molecule has 0 saturated heterocycles. The second-order valence-electron chi connectivity index (χ2n) is 9.52. The van der Waals surface area contributed by atoms with E-state index >= 15 is 0 Å². The van der Waals surface area contributed by atoms with Gasteiger partial charge in [-0.1, -0.05) is 39.0 Å². The van der Waals surface area contributed by atoms with Gasteiger partial charge in [0.25, 0.3) is 10.0 Å². The Morgan fingerprint density at radius 3 is 2.32 bits per heavy atom. The Bertz CT molecular complexity index is 1550. The highest BCUT2D eigenvalue weighted by molar-refractivity contribution is 7.92. The van der Waals surface area contributed by atoms with Crippen LogP contribution in [0.4, 0.5) is 30.4 Å². The molecule has 0 N–H and O–H groups in total. The first-order valence-electron chi connectivity index (χ1n) is 11.2. The fourth-order valence-corrected chi connectivity index (χ4v) is 5.63. The van der Waals surface area contributed by atoms with Crippen LogP contribution in [0.1, 0.15) is 31.9 Å². The molecule has 12 heteroatoms. The van der Waals surface area contributed by atoms with Crippen LogP contribution in [-0.4, -0.2) is 29.9 Å². The lowest BCUT2D eigenvalue weighted by Crippen LogP contribution is -2.35. The van der Waals surface area contributed by atoms with Gasteiger partial charge in [0.1, 0.15) is 5.82 Å². The van der Waals surface area contributed by atoms with E-state index in [-0.39, 0.29) is 44.5 Å². The van der Waals surface area contributed by atoms with E-state index in [4.69, 9.17) is 4.42 Å². The summed E-state index contributed by atoms with van der Waals surface area (Å²) in [6.45, 7) is 5.61. The lowest BCUT2D eigenvalue weighted by atomic mass is 9.87. The second kappa shape index (κ2) is 8.58. The fourth-order valence-electron chi connectivity index (χ4n) is 4.18. The van der Waals surface area contributed by atoms with Gasteiger partial charge in [0.2, 0.25) is 12.3 Å². The van der Waals surface area contributed by atoms with Gasteiger partial charge in [-0.15, -0.1) is 23.4 Å². The minimum atomic E-state index is -4.89. The zero-order valence-electron chi connectivity index (χ0n) is 20.1. The molecule has 5 rings (SSSR count). The van der Waals surface area contributed by atoms with Crippen molar-refractivity contribution >= 4 is 27.2 Å². The molecule has 2 aromatic heterocycles. The summed E-state index contributed by atoms with van der Waals surface area (Å²) in [5, 5.41) is 7.42. The highest BCUT2D eigenvalue weighted by atomic mass is 32.2. The number of benzene rings is 2. The number of sulfonamides is 1. The molecular weight excluding hydrogens is 507 g/mol. The molecule has 0 fully saturated rings. The quantitative estimate of drug-likeness (QED) is 0.310. The van der Waals surface area contributed by atoms with Crippen LogP contribution in [0.25, 0.3) is 11.5 Å². The monoisotopic (exact) mass is 529 g/mol. The van der Waals surface area contributed by atoms with Gasteiger partial charge < -0.3 is 4.42 Å². The highest BCUT2D eigenvalue weighted by Crippen LogP contribution is 2.47. The molecule has 0 saturated carbocycles. The highest BCUT2D eigenvalue weighted by Gasteiger charge is 2.45. The van der Waals surface area contributed by atoms with E-state index in [2.05, 4.69) is 15.2 Å². The predicted octanol–water partition coefficient (Wildman–Crippen LogP) is 5.80. The third kappa shape index (κ3) is 4.41. The molecule has 0 radical (unpaired) electrons. The van der Waals surface area contributed by atoms with Crippen molar-refractivity contribution in [1.29, 1.82) is 0 Å². The molecule has 0 bridgehead atoms. The molecule has 1 aliphatic heterocycles. The zero-order valence-corrected chi connectivity index (χ0v) is 20.9. The molecule has 0 spiro atoms. The molecule has 4 aromatic rings. The van der Waals surface area contributed by atoms with E-state index in [0.29, 0.717) is 0 Å². The lowest BCUT2D eigenvalue weighted by Gasteiger charge is -2.29. The number of anilines is 3. The number of aromatic nitrogens is 3. The molecule has 3 heterocycles. The maximum atomic E-state index is 14.4. The maximum Gasteiger partial charge on any atom is 0.490 e. The van der Waals surface area contributed by atoms with Gasteiger partial charge in [0.15, 0.2) is 0 Å². The SMILES string of the molecule is CC(C)(C)c1ccc(S(=O)(=O)N2Cc3cccnc3N(C(F)(F)F)c3ccc(-c4nnco4)cc32)cc1. The van der Waals surface area contributed by atoms with Crippen molar-refractivity contribution in [2.24, 2.45) is 0 Å². The number of hydrogen-bond acceptors (Lipinski definition) is 7. The normalized spacial score (nSPS) is 14.2. The summed E-state index contributed by atoms with van der Waals surface area (Å²) in [7, 11) is -4.31. The number of hydrogen-bond donors (Lipinski definition) is 0. The van der Waals surface area contributed by atoms with Crippen LogP contribution in [0.3, 0.4) is 0 Å². The molecule has 192 valence electrons. The van der Waals surface area contributed by atoms with E-state index in [0.717, 1.165) is 16.3 Å². The number of halogens is 3. The van der Waals surface area contributed by atoms with Crippen molar-refractivity contribution in [1.82, 2.24) is 15.2 Å².